The summed E-state index contributed by atoms with van der Waals surface area (Å²) in [6.45, 7) is 7.87. The lowest BCUT2D eigenvalue weighted by atomic mass is 10.0. The topological polar surface area (TPSA) is 38.0 Å². The molecule has 2 aromatic rings. The molecule has 2 aromatic carbocycles. The van der Waals surface area contributed by atoms with Crippen molar-refractivity contribution < 1.29 is 0 Å². The van der Waals surface area contributed by atoms with Gasteiger partial charge in [0.1, 0.15) is 0 Å². The number of rotatable bonds is 4. The zero-order valence-electron chi connectivity index (χ0n) is 11.5. The van der Waals surface area contributed by atoms with E-state index in [0.29, 0.717) is 0 Å². The van der Waals surface area contributed by atoms with Gasteiger partial charge < -0.3 is 11.1 Å². The van der Waals surface area contributed by atoms with Crippen LogP contribution in [0.15, 0.2) is 36.4 Å². The summed E-state index contributed by atoms with van der Waals surface area (Å²) in [7, 11) is 0. The van der Waals surface area contributed by atoms with Crippen molar-refractivity contribution in [1.82, 2.24) is 5.32 Å². The molecule has 0 saturated carbocycles. The molecule has 0 heterocycles. The van der Waals surface area contributed by atoms with Gasteiger partial charge in [-0.15, -0.1) is 0 Å². The third kappa shape index (κ3) is 3.56. The molecule has 0 amide bonds. The van der Waals surface area contributed by atoms with Crippen LogP contribution in [-0.2, 0) is 6.54 Å². The number of nitrogens with one attached hydrogen (secondary N) is 1. The minimum absolute atomic E-state index is 0.159. The van der Waals surface area contributed by atoms with Gasteiger partial charge in [0, 0.05) is 18.6 Å². The fourth-order valence-electron chi connectivity index (χ4n) is 2.05. The Labute approximate surface area is 109 Å². The van der Waals surface area contributed by atoms with Crippen molar-refractivity contribution in [2.24, 2.45) is 5.73 Å². The second-order valence-electron chi connectivity index (χ2n) is 5.78. The first-order chi connectivity index (χ1) is 8.44. The molecule has 0 fully saturated rings. The van der Waals surface area contributed by atoms with Crippen LogP contribution in [0.4, 0.5) is 0 Å². The Morgan fingerprint density at radius 1 is 1.06 bits per heavy atom. The van der Waals surface area contributed by atoms with E-state index in [-0.39, 0.29) is 5.54 Å². The number of benzene rings is 2. The summed E-state index contributed by atoms with van der Waals surface area (Å²) < 4.78 is 0. The zero-order valence-corrected chi connectivity index (χ0v) is 11.5. The van der Waals surface area contributed by atoms with Crippen molar-refractivity contribution in [3.05, 3.63) is 47.5 Å². The Balaban J connectivity index is 2.08. The van der Waals surface area contributed by atoms with Crippen LogP contribution in [0.5, 0.6) is 0 Å². The van der Waals surface area contributed by atoms with Crippen molar-refractivity contribution >= 4 is 10.8 Å². The monoisotopic (exact) mass is 242 g/mol. The van der Waals surface area contributed by atoms with Crippen molar-refractivity contribution in [2.75, 3.05) is 6.54 Å². The maximum atomic E-state index is 5.94. The van der Waals surface area contributed by atoms with Crippen molar-refractivity contribution in [3.8, 4) is 0 Å². The molecular weight excluding hydrogens is 220 g/mol. The molecule has 2 heteroatoms. The average molecular weight is 242 g/mol. The van der Waals surface area contributed by atoms with Gasteiger partial charge in [0.15, 0.2) is 0 Å². The minimum Gasteiger partial charge on any atom is -0.324 e. The molecule has 0 radical (unpaired) electrons. The van der Waals surface area contributed by atoms with Gasteiger partial charge in [-0.1, -0.05) is 35.9 Å². The van der Waals surface area contributed by atoms with Gasteiger partial charge >= 0.3 is 0 Å². The fourth-order valence-corrected chi connectivity index (χ4v) is 2.05. The third-order valence-electron chi connectivity index (χ3n) is 2.97. The van der Waals surface area contributed by atoms with Gasteiger partial charge in [-0.25, -0.2) is 0 Å². The van der Waals surface area contributed by atoms with E-state index in [9.17, 15) is 0 Å². The molecule has 0 bridgehead atoms. The highest BCUT2D eigenvalue weighted by molar-refractivity contribution is 5.83. The quantitative estimate of drug-likeness (QED) is 0.865. The van der Waals surface area contributed by atoms with Gasteiger partial charge in [-0.2, -0.15) is 0 Å². The largest absolute Gasteiger partial charge is 0.324 e. The van der Waals surface area contributed by atoms with E-state index in [4.69, 9.17) is 5.73 Å². The summed E-state index contributed by atoms with van der Waals surface area (Å²) in [5.74, 6) is 0. The lowest BCUT2D eigenvalue weighted by Crippen LogP contribution is -2.42. The van der Waals surface area contributed by atoms with E-state index >= 15 is 0 Å². The molecule has 3 N–H and O–H groups in total. The second kappa shape index (κ2) is 5.09. The molecule has 96 valence electrons. The molecule has 0 unspecified atom stereocenters. The molecule has 2 rings (SSSR count). The number of fused-ring (bicyclic) bond motifs is 1. The number of hydrogen-bond donors (Lipinski definition) is 2. The molecule has 0 saturated heterocycles. The van der Waals surface area contributed by atoms with Crippen LogP contribution in [0.1, 0.15) is 25.0 Å². The summed E-state index contributed by atoms with van der Waals surface area (Å²) >= 11 is 0. The molecule has 0 aliphatic carbocycles. The van der Waals surface area contributed by atoms with Crippen LogP contribution < -0.4 is 11.1 Å². The highest BCUT2D eigenvalue weighted by Crippen LogP contribution is 2.17. The Hall–Kier alpha value is -1.38. The summed E-state index contributed by atoms with van der Waals surface area (Å²) in [6.07, 6.45) is 0. The molecule has 0 spiro atoms. The van der Waals surface area contributed by atoms with E-state index in [2.05, 4.69) is 48.6 Å². The van der Waals surface area contributed by atoms with Crippen molar-refractivity contribution in [3.63, 3.8) is 0 Å². The predicted molar refractivity (Wildman–Crippen MR) is 78.7 cm³/mol. The summed E-state index contributed by atoms with van der Waals surface area (Å²) in [5, 5.41) is 5.99. The molecule has 0 aromatic heterocycles. The predicted octanol–water partition coefficient (Wildman–Crippen LogP) is 2.98. The third-order valence-corrected chi connectivity index (χ3v) is 2.97. The average Bonchev–Trinajstić information content (AvgIpc) is 2.27. The van der Waals surface area contributed by atoms with E-state index in [1.54, 1.807) is 0 Å². The van der Waals surface area contributed by atoms with Gasteiger partial charge in [0.25, 0.3) is 0 Å². The van der Waals surface area contributed by atoms with Crippen LogP contribution in [0.3, 0.4) is 0 Å². The molecule has 18 heavy (non-hydrogen) atoms. The second-order valence-corrected chi connectivity index (χ2v) is 5.78. The summed E-state index contributed by atoms with van der Waals surface area (Å²) in [4.78, 5) is 0. The Bertz CT molecular complexity index is 538. The molecular formula is C16H22N2. The van der Waals surface area contributed by atoms with Gasteiger partial charge in [-0.05, 0) is 43.2 Å². The lowest BCUT2D eigenvalue weighted by molar-refractivity contribution is 0.467. The van der Waals surface area contributed by atoms with E-state index in [1.807, 2.05) is 13.8 Å². The van der Waals surface area contributed by atoms with Crippen LogP contribution in [0.25, 0.3) is 10.8 Å². The standard InChI is InChI=1S/C16H22N2/c1-12-4-6-15-9-13(5-7-14(15)8-12)10-18-11-16(2,3)17/h4-9,18H,10-11,17H2,1-3H3. The molecule has 2 nitrogen and oxygen atoms in total. The molecule has 0 aliphatic heterocycles. The van der Waals surface area contributed by atoms with Crippen LogP contribution in [0, 0.1) is 6.92 Å². The van der Waals surface area contributed by atoms with Crippen LogP contribution in [-0.4, -0.2) is 12.1 Å². The van der Waals surface area contributed by atoms with Crippen LogP contribution in [0.2, 0.25) is 0 Å². The first-order valence-electron chi connectivity index (χ1n) is 6.43. The SMILES string of the molecule is Cc1ccc2cc(CNCC(C)(C)N)ccc2c1. The molecule has 0 aliphatic rings. The van der Waals surface area contributed by atoms with Crippen molar-refractivity contribution in [2.45, 2.75) is 32.9 Å². The highest BCUT2D eigenvalue weighted by Gasteiger charge is 2.09. The Morgan fingerprint density at radius 3 is 2.44 bits per heavy atom. The van der Waals surface area contributed by atoms with E-state index in [1.165, 1.54) is 21.9 Å². The molecule has 0 atom stereocenters. The van der Waals surface area contributed by atoms with Gasteiger partial charge in [-0.3, -0.25) is 0 Å². The fraction of sp³-hybridized carbons (Fsp3) is 0.375. The number of nitrogens with two attached hydrogens (primary N) is 1. The Kier molecular flexibility index (Phi) is 3.69. The number of hydrogen-bond acceptors (Lipinski definition) is 2. The summed E-state index contributed by atoms with van der Waals surface area (Å²) in [6, 6.07) is 13.2. The Morgan fingerprint density at radius 2 is 1.72 bits per heavy atom. The minimum atomic E-state index is -0.159. The highest BCUT2D eigenvalue weighted by atomic mass is 14.9. The van der Waals surface area contributed by atoms with Gasteiger partial charge in [0.2, 0.25) is 0 Å². The van der Waals surface area contributed by atoms with Crippen LogP contribution >= 0.6 is 0 Å². The smallest absolute Gasteiger partial charge is 0.0223 e. The maximum Gasteiger partial charge on any atom is 0.0223 e. The number of aryl methyl sites for hydroxylation is 1. The summed E-state index contributed by atoms with van der Waals surface area (Å²) in [5.41, 5.74) is 8.39. The first kappa shape index (κ1) is 13.1. The van der Waals surface area contributed by atoms with E-state index in [0.717, 1.165) is 13.1 Å². The lowest BCUT2D eigenvalue weighted by Gasteiger charge is -2.19. The zero-order chi connectivity index (χ0) is 13.2. The van der Waals surface area contributed by atoms with E-state index < -0.39 is 0 Å². The van der Waals surface area contributed by atoms with Crippen molar-refractivity contribution in [1.29, 1.82) is 0 Å². The van der Waals surface area contributed by atoms with Gasteiger partial charge in [0.05, 0.1) is 0 Å². The first-order valence-corrected chi connectivity index (χ1v) is 6.43. The maximum absolute atomic E-state index is 5.94. The normalized spacial score (nSPS) is 12.0.